The minimum Gasteiger partial charge on any atom is -0.502 e. The van der Waals surface area contributed by atoms with Crippen LogP contribution in [-0.4, -0.2) is 33.2 Å². The molecule has 9 nitrogen and oxygen atoms in total. The number of nitrogens with one attached hydrogen (secondary N) is 1. The first-order chi connectivity index (χ1) is 18.7. The number of benzene rings is 1. The summed E-state index contributed by atoms with van der Waals surface area (Å²) in [6.07, 6.45) is 9.96. The third-order valence-electron chi connectivity index (χ3n) is 9.10. The summed E-state index contributed by atoms with van der Waals surface area (Å²) in [4.78, 5) is 34.5. The van der Waals surface area contributed by atoms with E-state index >= 15 is 0 Å². The van der Waals surface area contributed by atoms with Crippen molar-refractivity contribution in [3.63, 3.8) is 0 Å². The Morgan fingerprint density at radius 1 is 1.44 bits per heavy atom. The van der Waals surface area contributed by atoms with Crippen molar-refractivity contribution in [1.82, 2.24) is 4.98 Å². The number of carbonyl (C=O) groups is 1. The molecule has 2 saturated carbocycles. The van der Waals surface area contributed by atoms with Crippen LogP contribution in [0.2, 0.25) is 0 Å². The first-order valence-corrected chi connectivity index (χ1v) is 14.6. The third kappa shape index (κ3) is 5.31. The van der Waals surface area contributed by atoms with Crippen LogP contribution in [0.1, 0.15) is 73.8 Å². The number of thiazole rings is 1. The van der Waals surface area contributed by atoms with Crippen molar-refractivity contribution in [3.8, 4) is 5.75 Å². The van der Waals surface area contributed by atoms with Gasteiger partial charge < -0.3 is 15.3 Å². The molecular formula is C29H36N4O5S. The number of carbonyl (C=O) groups excluding carboxylic acids is 1. The minimum absolute atomic E-state index is 0.0199. The first-order valence-electron chi connectivity index (χ1n) is 13.7. The van der Waals surface area contributed by atoms with Crippen molar-refractivity contribution in [2.24, 2.45) is 28.3 Å². The van der Waals surface area contributed by atoms with Gasteiger partial charge in [-0.2, -0.15) is 0 Å². The zero-order valence-electron chi connectivity index (χ0n) is 22.5. The maximum absolute atomic E-state index is 12.6. The molecule has 1 aromatic heterocycles. The van der Waals surface area contributed by atoms with E-state index in [1.54, 1.807) is 24.4 Å². The molecule has 3 aliphatic carbocycles. The van der Waals surface area contributed by atoms with E-state index in [1.165, 1.54) is 11.3 Å². The average molecular weight is 553 g/mol. The van der Waals surface area contributed by atoms with Gasteiger partial charge in [-0.15, -0.1) is 11.3 Å². The number of amides is 1. The molecule has 0 bridgehead atoms. The molecule has 0 radical (unpaired) electrons. The highest BCUT2D eigenvalue weighted by Crippen LogP contribution is 2.63. The highest BCUT2D eigenvalue weighted by atomic mass is 32.1. The van der Waals surface area contributed by atoms with Crippen molar-refractivity contribution in [3.05, 3.63) is 57.1 Å². The molecule has 3 unspecified atom stereocenters. The number of fused-ring (bicyclic) bond motifs is 5. The van der Waals surface area contributed by atoms with Gasteiger partial charge in [-0.05, 0) is 92.7 Å². The number of hydrogen-bond donors (Lipinski definition) is 2. The zero-order valence-corrected chi connectivity index (χ0v) is 23.3. The van der Waals surface area contributed by atoms with Crippen LogP contribution in [0.25, 0.3) is 0 Å². The first kappa shape index (κ1) is 27.3. The van der Waals surface area contributed by atoms with E-state index in [0.29, 0.717) is 35.9 Å². The van der Waals surface area contributed by atoms with Crippen LogP contribution in [0.15, 0.2) is 36.1 Å². The molecule has 10 heteroatoms. The molecule has 39 heavy (non-hydrogen) atoms. The second-order valence-corrected chi connectivity index (χ2v) is 12.6. The van der Waals surface area contributed by atoms with Gasteiger partial charge in [0.2, 0.25) is 5.91 Å². The van der Waals surface area contributed by atoms with Gasteiger partial charge >= 0.3 is 5.69 Å². The molecule has 2 fully saturated rings. The Hall–Kier alpha value is -3.27. The number of anilines is 1. The standard InChI is InChI=1S/C29H36N4O5S/c1-4-12-38-32-25-14-19(6-5-7-26(35)31-28-30-16-17(2)39-28)27-21-9-8-18-13-24(34)23(33(36)37)15-22(18)20(21)10-11-29(25,27)3/h4,13,15-16,19-21,27,34H,1,5-12,14H2,2-3H3,(H,30,31,35)/b32-25+/t19-,20?,21?,27?,29-/m1/s1. The van der Waals surface area contributed by atoms with Gasteiger partial charge in [0.25, 0.3) is 0 Å². The number of nitro benzene ring substituents is 1. The number of phenols is 1. The van der Waals surface area contributed by atoms with Gasteiger partial charge in [-0.3, -0.25) is 14.9 Å². The van der Waals surface area contributed by atoms with Gasteiger partial charge in [0.15, 0.2) is 10.9 Å². The van der Waals surface area contributed by atoms with Gasteiger partial charge in [-0.25, -0.2) is 4.98 Å². The molecule has 1 amide bonds. The number of aromatic hydroxyl groups is 1. The highest BCUT2D eigenvalue weighted by Gasteiger charge is 2.57. The number of hydrogen-bond acceptors (Lipinski definition) is 8. The number of nitro groups is 1. The fourth-order valence-electron chi connectivity index (χ4n) is 7.52. The molecule has 1 heterocycles. The number of nitrogens with zero attached hydrogens (tertiary/aromatic N) is 3. The summed E-state index contributed by atoms with van der Waals surface area (Å²) >= 11 is 1.47. The van der Waals surface area contributed by atoms with Crippen molar-refractivity contribution in [2.75, 3.05) is 11.9 Å². The highest BCUT2D eigenvalue weighted by molar-refractivity contribution is 7.15. The summed E-state index contributed by atoms with van der Waals surface area (Å²) in [6.45, 7) is 8.35. The summed E-state index contributed by atoms with van der Waals surface area (Å²) in [5.41, 5.74) is 2.79. The third-order valence-corrected chi connectivity index (χ3v) is 9.93. The van der Waals surface area contributed by atoms with Gasteiger partial charge in [-0.1, -0.05) is 24.7 Å². The summed E-state index contributed by atoms with van der Waals surface area (Å²) in [6, 6.07) is 3.21. The number of oxime groups is 1. The summed E-state index contributed by atoms with van der Waals surface area (Å²) in [7, 11) is 0. The number of rotatable bonds is 9. The minimum atomic E-state index is -0.496. The van der Waals surface area contributed by atoms with E-state index in [1.807, 2.05) is 6.92 Å². The Kier molecular flexibility index (Phi) is 7.75. The van der Waals surface area contributed by atoms with E-state index in [0.717, 1.165) is 66.7 Å². The van der Waals surface area contributed by atoms with Crippen LogP contribution in [0.4, 0.5) is 10.8 Å². The topological polar surface area (TPSA) is 127 Å². The molecule has 2 N–H and O–H groups in total. The van der Waals surface area contributed by atoms with Gasteiger partial charge in [0, 0.05) is 29.0 Å². The largest absolute Gasteiger partial charge is 0.502 e. The smallest absolute Gasteiger partial charge is 0.310 e. The van der Waals surface area contributed by atoms with Crippen LogP contribution in [-0.2, 0) is 16.1 Å². The Bertz CT molecular complexity index is 1310. The molecular weight excluding hydrogens is 516 g/mol. The molecule has 3 aliphatic rings. The lowest BCUT2D eigenvalue weighted by molar-refractivity contribution is -0.386. The molecule has 0 aliphatic heterocycles. The number of aromatic nitrogens is 1. The molecule has 208 valence electrons. The van der Waals surface area contributed by atoms with E-state index < -0.39 is 4.92 Å². The van der Waals surface area contributed by atoms with Crippen molar-refractivity contribution >= 4 is 33.8 Å². The molecule has 1 aromatic carbocycles. The number of aryl methyl sites for hydroxylation is 2. The van der Waals surface area contributed by atoms with E-state index in [2.05, 4.69) is 29.0 Å². The Labute approximate surface area is 232 Å². The maximum atomic E-state index is 12.6. The van der Waals surface area contributed by atoms with Crippen LogP contribution < -0.4 is 5.32 Å². The monoisotopic (exact) mass is 552 g/mol. The zero-order chi connectivity index (χ0) is 27.7. The predicted molar refractivity (Wildman–Crippen MR) is 151 cm³/mol. The van der Waals surface area contributed by atoms with Crippen molar-refractivity contribution in [2.45, 2.75) is 71.1 Å². The Balaban J connectivity index is 1.37. The summed E-state index contributed by atoms with van der Waals surface area (Å²) < 4.78 is 0. The van der Waals surface area contributed by atoms with Gasteiger partial charge in [0.1, 0.15) is 6.61 Å². The maximum Gasteiger partial charge on any atom is 0.310 e. The van der Waals surface area contributed by atoms with Gasteiger partial charge in [0.05, 0.1) is 10.6 Å². The summed E-state index contributed by atoms with van der Waals surface area (Å²) in [5.74, 6) is 0.971. The lowest BCUT2D eigenvalue weighted by Crippen LogP contribution is -2.44. The quantitative estimate of drug-likeness (QED) is 0.158. The predicted octanol–water partition coefficient (Wildman–Crippen LogP) is 6.52. The Morgan fingerprint density at radius 2 is 2.26 bits per heavy atom. The molecule has 0 saturated heterocycles. The fourth-order valence-corrected chi connectivity index (χ4v) is 8.20. The lowest BCUT2D eigenvalue weighted by atomic mass is 9.54. The van der Waals surface area contributed by atoms with Crippen LogP contribution >= 0.6 is 11.3 Å². The second kappa shape index (κ2) is 11.1. The average Bonchev–Trinajstić information content (AvgIpc) is 3.43. The van der Waals surface area contributed by atoms with Crippen LogP contribution in [0, 0.1) is 40.2 Å². The molecule has 5 rings (SSSR count). The van der Waals surface area contributed by atoms with Crippen LogP contribution in [0.5, 0.6) is 5.75 Å². The number of phenolic OH excluding ortho intramolecular Hbond substituents is 1. The van der Waals surface area contributed by atoms with Crippen molar-refractivity contribution < 1.29 is 19.7 Å². The fraction of sp³-hybridized carbons (Fsp3) is 0.552. The normalized spacial score (nSPS) is 28.3. The second-order valence-electron chi connectivity index (χ2n) is 11.4. The van der Waals surface area contributed by atoms with E-state index in [-0.39, 0.29) is 28.7 Å². The molecule has 2 aromatic rings. The van der Waals surface area contributed by atoms with E-state index in [4.69, 9.17) is 4.84 Å². The summed E-state index contributed by atoms with van der Waals surface area (Å²) in [5, 5.41) is 29.9. The van der Waals surface area contributed by atoms with E-state index in [9.17, 15) is 20.0 Å². The SMILES string of the molecule is C=CCO/N=C1\C[C@@H](CCCC(=O)Nc2ncc(C)s2)C2C3CCc4cc(O)c([N+](=O)[O-])cc4C3CC[C@]12C. The molecule has 0 spiro atoms. The van der Waals surface area contributed by atoms with Crippen LogP contribution in [0.3, 0.4) is 0 Å². The lowest BCUT2D eigenvalue weighted by Gasteiger charge is -2.50. The van der Waals surface area contributed by atoms with Crippen molar-refractivity contribution in [1.29, 1.82) is 0 Å². The molecule has 5 atom stereocenters. The Morgan fingerprint density at radius 3 is 2.97 bits per heavy atom.